The van der Waals surface area contributed by atoms with Gasteiger partial charge in [-0.1, -0.05) is 30.3 Å². The molecule has 0 radical (unpaired) electrons. The fourth-order valence-electron chi connectivity index (χ4n) is 3.96. The van der Waals surface area contributed by atoms with Gasteiger partial charge in [0.1, 0.15) is 17.6 Å². The number of hydrogen-bond acceptors (Lipinski definition) is 6. The van der Waals surface area contributed by atoms with Crippen molar-refractivity contribution in [1.82, 2.24) is 4.90 Å². The van der Waals surface area contributed by atoms with Crippen LogP contribution in [0.25, 0.3) is 0 Å². The lowest BCUT2D eigenvalue weighted by Crippen LogP contribution is -2.54. The maximum atomic E-state index is 13.9. The molecule has 0 unspecified atom stereocenters. The van der Waals surface area contributed by atoms with Gasteiger partial charge in [0, 0.05) is 11.3 Å². The quantitative estimate of drug-likeness (QED) is 0.781. The zero-order chi connectivity index (χ0) is 22.4. The van der Waals surface area contributed by atoms with Gasteiger partial charge in [-0.25, -0.2) is 4.79 Å². The predicted octanol–water partition coefficient (Wildman–Crippen LogP) is 3.70. The molecule has 1 fully saturated rings. The number of aliphatic hydroxyl groups excluding tert-OH is 1. The first kappa shape index (κ1) is 21.5. The minimum atomic E-state index is -1.42. The SMILES string of the molecule is COc1ccc2c(c1)[C@@]1(SC[C@H](O)N1C(=O)OC(C)(C)C)C(=O)N2Cc1ccccc1. The Labute approximate surface area is 185 Å². The van der Waals surface area contributed by atoms with Crippen LogP contribution in [-0.4, -0.2) is 46.7 Å². The number of aliphatic hydroxyl groups is 1. The number of ether oxygens (including phenoxy) is 2. The molecule has 0 bridgehead atoms. The van der Waals surface area contributed by atoms with E-state index < -0.39 is 22.8 Å². The van der Waals surface area contributed by atoms with E-state index in [0.29, 0.717) is 23.5 Å². The molecule has 0 aliphatic carbocycles. The zero-order valence-electron chi connectivity index (χ0n) is 18.0. The molecule has 2 aromatic rings. The van der Waals surface area contributed by atoms with Crippen molar-refractivity contribution in [2.45, 2.75) is 44.0 Å². The van der Waals surface area contributed by atoms with Gasteiger partial charge in [-0.05, 0) is 44.5 Å². The summed E-state index contributed by atoms with van der Waals surface area (Å²) >= 11 is 1.24. The number of rotatable bonds is 3. The number of anilines is 1. The van der Waals surface area contributed by atoms with Crippen molar-refractivity contribution >= 4 is 29.4 Å². The average Bonchev–Trinajstić information content (AvgIpc) is 3.18. The molecule has 2 atom stereocenters. The second-order valence-corrected chi connectivity index (χ2v) is 9.76. The molecule has 2 aromatic carbocycles. The van der Waals surface area contributed by atoms with Crippen molar-refractivity contribution in [3.8, 4) is 5.75 Å². The van der Waals surface area contributed by atoms with Crippen LogP contribution in [0.3, 0.4) is 0 Å². The molecule has 7 nitrogen and oxygen atoms in total. The minimum absolute atomic E-state index is 0.195. The second kappa shape index (κ2) is 7.76. The summed E-state index contributed by atoms with van der Waals surface area (Å²) in [6.07, 6.45) is -1.88. The number of benzene rings is 2. The van der Waals surface area contributed by atoms with Gasteiger partial charge in [-0.3, -0.25) is 9.69 Å². The predicted molar refractivity (Wildman–Crippen MR) is 119 cm³/mol. The summed E-state index contributed by atoms with van der Waals surface area (Å²) in [6.45, 7) is 5.60. The van der Waals surface area contributed by atoms with E-state index in [1.165, 1.54) is 16.7 Å². The standard InChI is InChI=1S/C23H26N2O5S/c1-22(2,3)30-21(28)25-19(26)14-31-23(25)17-12-16(29-4)10-11-18(17)24(20(23)27)13-15-8-6-5-7-9-15/h5-12,19,26H,13-14H2,1-4H3/t19-,23+/m0/s1. The monoisotopic (exact) mass is 442 g/mol. The van der Waals surface area contributed by atoms with Gasteiger partial charge in [-0.15, -0.1) is 11.8 Å². The molecule has 2 aliphatic rings. The number of carbonyl (C=O) groups is 2. The summed E-state index contributed by atoms with van der Waals surface area (Å²) in [7, 11) is 1.55. The number of methoxy groups -OCH3 is 1. The van der Waals surface area contributed by atoms with Crippen LogP contribution in [0.15, 0.2) is 48.5 Å². The first-order valence-corrected chi connectivity index (χ1v) is 11.0. The molecule has 1 spiro atoms. The number of hydrogen-bond donors (Lipinski definition) is 1. The summed E-state index contributed by atoms with van der Waals surface area (Å²) in [5.74, 6) is 0.478. The van der Waals surface area contributed by atoms with Crippen LogP contribution in [0.1, 0.15) is 31.9 Å². The highest BCUT2D eigenvalue weighted by molar-refractivity contribution is 8.01. The van der Waals surface area contributed by atoms with E-state index >= 15 is 0 Å². The summed E-state index contributed by atoms with van der Waals surface area (Å²) in [5.41, 5.74) is 1.49. The van der Waals surface area contributed by atoms with Crippen molar-refractivity contribution in [2.75, 3.05) is 17.8 Å². The molecule has 1 saturated heterocycles. The molecule has 164 valence electrons. The number of carbonyl (C=O) groups excluding carboxylic acids is 2. The van der Waals surface area contributed by atoms with Crippen molar-refractivity contribution in [3.05, 3.63) is 59.7 Å². The van der Waals surface area contributed by atoms with Crippen molar-refractivity contribution in [1.29, 1.82) is 0 Å². The fraction of sp³-hybridized carbons (Fsp3) is 0.391. The Balaban J connectivity index is 1.83. The number of amides is 2. The van der Waals surface area contributed by atoms with E-state index in [9.17, 15) is 14.7 Å². The van der Waals surface area contributed by atoms with Crippen molar-refractivity contribution in [3.63, 3.8) is 0 Å². The van der Waals surface area contributed by atoms with Crippen LogP contribution >= 0.6 is 11.8 Å². The van der Waals surface area contributed by atoms with E-state index in [0.717, 1.165) is 5.56 Å². The van der Waals surface area contributed by atoms with Gasteiger partial charge >= 0.3 is 6.09 Å². The molecule has 0 aromatic heterocycles. The third-order valence-corrected chi connectivity index (χ3v) is 6.72. The third-order valence-electron chi connectivity index (χ3n) is 5.25. The van der Waals surface area contributed by atoms with Crippen LogP contribution in [0.4, 0.5) is 10.5 Å². The Bertz CT molecular complexity index is 1010. The summed E-state index contributed by atoms with van der Waals surface area (Å²) in [5, 5.41) is 10.7. The van der Waals surface area contributed by atoms with Crippen LogP contribution in [0.5, 0.6) is 5.75 Å². The van der Waals surface area contributed by atoms with Gasteiger partial charge in [-0.2, -0.15) is 0 Å². The molecule has 0 saturated carbocycles. The molecular weight excluding hydrogens is 416 g/mol. The van der Waals surface area contributed by atoms with Gasteiger partial charge in [0.05, 0.1) is 19.3 Å². The maximum Gasteiger partial charge on any atom is 0.414 e. The zero-order valence-corrected chi connectivity index (χ0v) is 18.8. The Hall–Kier alpha value is -2.71. The van der Waals surface area contributed by atoms with E-state index in [-0.39, 0.29) is 11.7 Å². The summed E-state index contributed by atoms with van der Waals surface area (Å²) < 4.78 is 11.0. The molecule has 2 heterocycles. The highest BCUT2D eigenvalue weighted by atomic mass is 32.2. The van der Waals surface area contributed by atoms with Crippen LogP contribution < -0.4 is 9.64 Å². The van der Waals surface area contributed by atoms with E-state index in [1.54, 1.807) is 44.9 Å². The van der Waals surface area contributed by atoms with Crippen molar-refractivity contribution < 1.29 is 24.2 Å². The Morgan fingerprint density at radius 2 is 1.94 bits per heavy atom. The van der Waals surface area contributed by atoms with E-state index in [2.05, 4.69) is 0 Å². The minimum Gasteiger partial charge on any atom is -0.497 e. The fourth-order valence-corrected chi connectivity index (χ4v) is 5.39. The maximum absolute atomic E-state index is 13.9. The van der Waals surface area contributed by atoms with Gasteiger partial charge < -0.3 is 19.5 Å². The first-order valence-electron chi connectivity index (χ1n) is 10.1. The molecule has 4 rings (SSSR count). The first-order chi connectivity index (χ1) is 14.7. The normalized spacial score (nSPS) is 22.7. The highest BCUT2D eigenvalue weighted by Gasteiger charge is 2.63. The largest absolute Gasteiger partial charge is 0.497 e. The molecule has 2 aliphatic heterocycles. The molecule has 1 N–H and O–H groups in total. The topological polar surface area (TPSA) is 79.3 Å². The Morgan fingerprint density at radius 1 is 1.23 bits per heavy atom. The molecule has 8 heteroatoms. The number of fused-ring (bicyclic) bond motifs is 2. The average molecular weight is 443 g/mol. The van der Waals surface area contributed by atoms with Crippen LogP contribution in [0, 0.1) is 0 Å². The van der Waals surface area contributed by atoms with E-state index in [4.69, 9.17) is 9.47 Å². The lowest BCUT2D eigenvalue weighted by Gasteiger charge is -2.35. The molecular formula is C23H26N2O5S. The van der Waals surface area contributed by atoms with Crippen LogP contribution in [0.2, 0.25) is 0 Å². The van der Waals surface area contributed by atoms with Gasteiger partial charge in [0.15, 0.2) is 0 Å². The number of nitrogens with zero attached hydrogens (tertiary/aromatic N) is 2. The molecule has 2 amide bonds. The molecule has 31 heavy (non-hydrogen) atoms. The lowest BCUT2D eigenvalue weighted by molar-refractivity contribution is -0.128. The number of thioether (sulfide) groups is 1. The third kappa shape index (κ3) is 3.64. The Morgan fingerprint density at radius 3 is 2.58 bits per heavy atom. The lowest BCUT2D eigenvalue weighted by atomic mass is 10.1. The van der Waals surface area contributed by atoms with Gasteiger partial charge in [0.2, 0.25) is 4.87 Å². The second-order valence-electron chi connectivity index (χ2n) is 8.55. The Kier molecular flexibility index (Phi) is 5.39. The van der Waals surface area contributed by atoms with Crippen molar-refractivity contribution in [2.24, 2.45) is 0 Å². The van der Waals surface area contributed by atoms with Crippen LogP contribution in [-0.2, 0) is 20.9 Å². The highest BCUT2D eigenvalue weighted by Crippen LogP contribution is 2.56. The smallest absolute Gasteiger partial charge is 0.414 e. The van der Waals surface area contributed by atoms with Gasteiger partial charge in [0.25, 0.3) is 5.91 Å². The summed E-state index contributed by atoms with van der Waals surface area (Å²) in [4.78, 5) is 28.5. The summed E-state index contributed by atoms with van der Waals surface area (Å²) in [6, 6.07) is 15.0. The van der Waals surface area contributed by atoms with E-state index in [1.807, 2.05) is 36.4 Å².